The summed E-state index contributed by atoms with van der Waals surface area (Å²) in [6.45, 7) is 2.51. The molecule has 2 aliphatic rings. The van der Waals surface area contributed by atoms with Crippen LogP contribution in [0.2, 0.25) is 0 Å². The van der Waals surface area contributed by atoms with Crippen molar-refractivity contribution in [1.82, 2.24) is 14.9 Å². The van der Waals surface area contributed by atoms with E-state index in [4.69, 9.17) is 4.74 Å². The van der Waals surface area contributed by atoms with Gasteiger partial charge in [0.25, 0.3) is 6.43 Å². The molecule has 136 valence electrons. The first-order valence-corrected chi connectivity index (χ1v) is 8.25. The smallest absolute Gasteiger partial charge is 0.410 e. The number of nitrogens with zero attached hydrogens (tertiary/aromatic N) is 3. The molecular weight excluding hydrogens is 347 g/mol. The van der Waals surface area contributed by atoms with Crippen LogP contribution in [0.25, 0.3) is 11.3 Å². The van der Waals surface area contributed by atoms with Crippen LogP contribution in [-0.4, -0.2) is 33.1 Å². The first kappa shape index (κ1) is 16.8. The predicted octanol–water partition coefficient (Wildman–Crippen LogP) is 4.01. The Balaban J connectivity index is 1.62. The molecule has 1 saturated carbocycles. The number of halogens is 3. The highest BCUT2D eigenvalue weighted by Gasteiger charge is 2.54. The van der Waals surface area contributed by atoms with Gasteiger partial charge in [0.05, 0.1) is 41.9 Å². The zero-order valence-electron chi connectivity index (χ0n) is 14.0. The van der Waals surface area contributed by atoms with Crippen LogP contribution in [0.15, 0.2) is 24.4 Å². The third-order valence-corrected chi connectivity index (χ3v) is 4.77. The van der Waals surface area contributed by atoms with Crippen LogP contribution >= 0.6 is 0 Å². The molecule has 4 rings (SSSR count). The Kier molecular flexibility index (Phi) is 3.86. The monoisotopic (exact) mass is 363 g/mol. The third kappa shape index (κ3) is 3.00. The Morgan fingerprint density at radius 1 is 1.35 bits per heavy atom. The van der Waals surface area contributed by atoms with Crippen molar-refractivity contribution < 1.29 is 22.7 Å². The fourth-order valence-corrected chi connectivity index (χ4v) is 3.04. The second kappa shape index (κ2) is 5.96. The molecule has 2 aromatic rings. The van der Waals surface area contributed by atoms with E-state index in [1.54, 1.807) is 11.8 Å². The maximum atomic E-state index is 13.5. The molecule has 1 aromatic carbocycles. The summed E-state index contributed by atoms with van der Waals surface area (Å²) in [6.07, 6.45) is -0.109. The van der Waals surface area contributed by atoms with E-state index in [-0.39, 0.29) is 18.2 Å². The lowest BCUT2D eigenvalue weighted by Crippen LogP contribution is -2.26. The molecule has 0 radical (unpaired) electrons. The van der Waals surface area contributed by atoms with Crippen molar-refractivity contribution in [1.29, 1.82) is 0 Å². The van der Waals surface area contributed by atoms with E-state index in [9.17, 15) is 18.0 Å². The Bertz CT molecular complexity index is 884. The van der Waals surface area contributed by atoms with Gasteiger partial charge in [-0.2, -0.15) is 0 Å². The summed E-state index contributed by atoms with van der Waals surface area (Å²) in [7, 11) is 0. The molecule has 1 amide bonds. The molecule has 1 saturated heterocycles. The summed E-state index contributed by atoms with van der Waals surface area (Å²) < 4.78 is 44.7. The molecule has 0 N–H and O–H groups in total. The molecule has 1 spiro atoms. The Hall–Kier alpha value is -2.64. The number of carbonyl (C=O) groups is 1. The van der Waals surface area contributed by atoms with Gasteiger partial charge in [-0.05, 0) is 38.0 Å². The molecule has 1 aromatic heterocycles. The quantitative estimate of drug-likeness (QED) is 0.824. The molecule has 1 aliphatic heterocycles. The zero-order valence-corrected chi connectivity index (χ0v) is 14.0. The van der Waals surface area contributed by atoms with Crippen molar-refractivity contribution in [2.45, 2.75) is 38.3 Å². The standard InChI is InChI=1S/C18H16F3N3O2/c1-10-15(8-24-9-18(4-5-18)26-17(24)25)23-14(7-22-10)11-2-3-13(19)12(6-11)16(20)21/h2-3,6-7,16H,4-5,8-9H2,1H3. The first-order chi connectivity index (χ1) is 12.4. The number of ether oxygens (including phenoxy) is 1. The molecule has 8 heteroatoms. The van der Waals surface area contributed by atoms with Crippen LogP contribution in [0.5, 0.6) is 0 Å². The van der Waals surface area contributed by atoms with Crippen LogP contribution < -0.4 is 0 Å². The van der Waals surface area contributed by atoms with Crippen molar-refractivity contribution in [3.05, 3.63) is 47.2 Å². The first-order valence-electron chi connectivity index (χ1n) is 8.25. The summed E-state index contributed by atoms with van der Waals surface area (Å²) in [5, 5.41) is 0. The summed E-state index contributed by atoms with van der Waals surface area (Å²) in [5.74, 6) is -0.960. The second-order valence-corrected chi connectivity index (χ2v) is 6.73. The number of aromatic nitrogens is 2. The van der Waals surface area contributed by atoms with Crippen LogP contribution in [0.4, 0.5) is 18.0 Å². The average Bonchev–Trinajstić information content (AvgIpc) is 3.27. The number of benzene rings is 1. The Morgan fingerprint density at radius 3 is 2.77 bits per heavy atom. The number of rotatable bonds is 4. The number of hydrogen-bond donors (Lipinski definition) is 0. The maximum absolute atomic E-state index is 13.5. The minimum atomic E-state index is -2.91. The molecule has 1 aliphatic carbocycles. The van der Waals surface area contributed by atoms with Crippen LogP contribution in [0, 0.1) is 12.7 Å². The lowest BCUT2D eigenvalue weighted by molar-refractivity contribution is 0.122. The molecule has 2 heterocycles. The normalized spacial score (nSPS) is 17.9. The minimum Gasteiger partial charge on any atom is -0.441 e. The van der Waals surface area contributed by atoms with Gasteiger partial charge in [0.15, 0.2) is 0 Å². The van der Waals surface area contributed by atoms with Gasteiger partial charge in [-0.1, -0.05) is 0 Å². The van der Waals surface area contributed by atoms with E-state index in [1.807, 2.05) is 0 Å². The van der Waals surface area contributed by atoms with Gasteiger partial charge < -0.3 is 4.74 Å². The summed E-state index contributed by atoms with van der Waals surface area (Å²) in [4.78, 5) is 22.3. The van der Waals surface area contributed by atoms with Gasteiger partial charge in [-0.3, -0.25) is 9.88 Å². The highest BCUT2D eigenvalue weighted by atomic mass is 19.3. The van der Waals surface area contributed by atoms with Crippen LogP contribution in [0.3, 0.4) is 0 Å². The highest BCUT2D eigenvalue weighted by molar-refractivity contribution is 5.71. The number of aryl methyl sites for hydroxylation is 1. The molecule has 26 heavy (non-hydrogen) atoms. The number of alkyl halides is 2. The van der Waals surface area contributed by atoms with Gasteiger partial charge in [0.1, 0.15) is 11.4 Å². The average molecular weight is 363 g/mol. The molecule has 0 bridgehead atoms. The van der Waals surface area contributed by atoms with Gasteiger partial charge in [0.2, 0.25) is 0 Å². The van der Waals surface area contributed by atoms with Crippen molar-refractivity contribution >= 4 is 6.09 Å². The number of hydrogen-bond acceptors (Lipinski definition) is 4. The fourth-order valence-electron chi connectivity index (χ4n) is 3.04. The predicted molar refractivity (Wildman–Crippen MR) is 86.0 cm³/mol. The van der Waals surface area contributed by atoms with E-state index in [0.717, 1.165) is 25.0 Å². The van der Waals surface area contributed by atoms with Crippen LogP contribution in [-0.2, 0) is 11.3 Å². The van der Waals surface area contributed by atoms with E-state index in [2.05, 4.69) is 9.97 Å². The number of amides is 1. The van der Waals surface area contributed by atoms with Crippen molar-refractivity contribution in [3.8, 4) is 11.3 Å². The zero-order chi connectivity index (χ0) is 18.5. The molecule has 0 unspecified atom stereocenters. The van der Waals surface area contributed by atoms with E-state index >= 15 is 0 Å². The van der Waals surface area contributed by atoms with Crippen LogP contribution in [0.1, 0.15) is 36.2 Å². The second-order valence-electron chi connectivity index (χ2n) is 6.73. The topological polar surface area (TPSA) is 55.3 Å². The lowest BCUT2D eigenvalue weighted by Gasteiger charge is -2.14. The lowest BCUT2D eigenvalue weighted by atomic mass is 10.1. The molecule has 2 fully saturated rings. The Morgan fingerprint density at radius 2 is 2.12 bits per heavy atom. The fraction of sp³-hybridized carbons (Fsp3) is 0.389. The largest absolute Gasteiger partial charge is 0.441 e. The van der Waals surface area contributed by atoms with Crippen molar-refractivity contribution in [2.75, 3.05) is 6.54 Å². The molecule has 0 atom stereocenters. The maximum Gasteiger partial charge on any atom is 0.410 e. The van der Waals surface area contributed by atoms with Crippen molar-refractivity contribution in [2.24, 2.45) is 0 Å². The Labute approximate surface area is 147 Å². The van der Waals surface area contributed by atoms with Crippen molar-refractivity contribution in [3.63, 3.8) is 0 Å². The summed E-state index contributed by atoms with van der Waals surface area (Å²) in [5.41, 5.74) is 0.873. The van der Waals surface area contributed by atoms with Gasteiger partial charge >= 0.3 is 6.09 Å². The summed E-state index contributed by atoms with van der Waals surface area (Å²) in [6, 6.07) is 3.45. The van der Waals surface area contributed by atoms with Gasteiger partial charge in [0, 0.05) is 5.56 Å². The highest BCUT2D eigenvalue weighted by Crippen LogP contribution is 2.44. The third-order valence-electron chi connectivity index (χ3n) is 4.77. The summed E-state index contributed by atoms with van der Waals surface area (Å²) >= 11 is 0. The van der Waals surface area contributed by atoms with E-state index in [0.29, 0.717) is 29.2 Å². The van der Waals surface area contributed by atoms with Gasteiger partial charge in [-0.15, -0.1) is 0 Å². The van der Waals surface area contributed by atoms with E-state index < -0.39 is 17.8 Å². The minimum absolute atomic E-state index is 0.232. The number of carbonyl (C=O) groups excluding carboxylic acids is 1. The van der Waals surface area contributed by atoms with E-state index in [1.165, 1.54) is 12.3 Å². The molecular formula is C18H16F3N3O2. The molecule has 5 nitrogen and oxygen atoms in total. The van der Waals surface area contributed by atoms with Gasteiger partial charge in [-0.25, -0.2) is 22.9 Å². The SMILES string of the molecule is Cc1ncc(-c2ccc(F)c(C(F)F)c2)nc1CN1CC2(CC2)OC1=O.